The van der Waals surface area contributed by atoms with Crippen molar-refractivity contribution in [1.82, 2.24) is 9.21 Å². The normalized spacial score (nSPS) is 20.9. The molecule has 0 unspecified atom stereocenters. The molecule has 1 amide bonds. The van der Waals surface area contributed by atoms with E-state index in [1.165, 1.54) is 4.31 Å². The Hall–Kier alpha value is -1.40. The fourth-order valence-electron chi connectivity index (χ4n) is 2.77. The van der Waals surface area contributed by atoms with Gasteiger partial charge in [-0.25, -0.2) is 8.42 Å². The summed E-state index contributed by atoms with van der Waals surface area (Å²) in [5.41, 5.74) is 1.07. The minimum Gasteiger partial charge on any atom is -0.334 e. The van der Waals surface area contributed by atoms with Crippen molar-refractivity contribution >= 4 is 15.9 Å². The van der Waals surface area contributed by atoms with Gasteiger partial charge in [-0.1, -0.05) is 37.3 Å². The summed E-state index contributed by atoms with van der Waals surface area (Å²) in [5.74, 6) is 0.112. The molecule has 1 aliphatic heterocycles. The number of sulfonamides is 1. The molecular formula is C16H24N2O3S. The minimum atomic E-state index is -3.25. The summed E-state index contributed by atoms with van der Waals surface area (Å²) < 4.78 is 25.7. The maximum atomic E-state index is 12.5. The predicted molar refractivity (Wildman–Crippen MR) is 86.7 cm³/mol. The van der Waals surface area contributed by atoms with Gasteiger partial charge in [0, 0.05) is 32.1 Å². The number of amides is 1. The fraction of sp³-hybridized carbons (Fsp3) is 0.562. The van der Waals surface area contributed by atoms with Crippen molar-refractivity contribution in [1.29, 1.82) is 0 Å². The zero-order chi connectivity index (χ0) is 16.2. The second kappa shape index (κ2) is 7.24. The lowest BCUT2D eigenvalue weighted by Crippen LogP contribution is -2.44. The van der Waals surface area contributed by atoms with E-state index in [1.807, 2.05) is 42.2 Å². The van der Waals surface area contributed by atoms with Crippen LogP contribution in [0.5, 0.6) is 0 Å². The van der Waals surface area contributed by atoms with Crippen LogP contribution in [0, 0.1) is 0 Å². The molecule has 0 aliphatic carbocycles. The Labute approximate surface area is 133 Å². The molecule has 1 saturated heterocycles. The molecule has 0 bridgehead atoms. The van der Waals surface area contributed by atoms with Gasteiger partial charge < -0.3 is 4.90 Å². The number of hydrogen-bond acceptors (Lipinski definition) is 3. The molecule has 1 atom stereocenters. The average Bonchev–Trinajstić information content (AvgIpc) is 2.69. The van der Waals surface area contributed by atoms with E-state index in [-0.39, 0.29) is 30.7 Å². The van der Waals surface area contributed by atoms with Gasteiger partial charge in [0.2, 0.25) is 15.9 Å². The van der Waals surface area contributed by atoms with Gasteiger partial charge in [-0.2, -0.15) is 4.31 Å². The minimum absolute atomic E-state index is 0.0320. The Morgan fingerprint density at radius 2 is 1.86 bits per heavy atom. The summed E-state index contributed by atoms with van der Waals surface area (Å²) in [6.45, 7) is 4.86. The van der Waals surface area contributed by atoms with E-state index < -0.39 is 10.0 Å². The molecule has 122 valence electrons. The molecule has 1 heterocycles. The average molecular weight is 324 g/mol. The van der Waals surface area contributed by atoms with Crippen LogP contribution in [-0.2, 0) is 21.4 Å². The van der Waals surface area contributed by atoms with Gasteiger partial charge in [0.05, 0.1) is 5.75 Å². The predicted octanol–water partition coefficient (Wildman–Crippen LogP) is 1.85. The first-order valence-corrected chi connectivity index (χ1v) is 9.40. The number of carbonyl (C=O) groups excluding carboxylic acids is 1. The lowest BCUT2D eigenvalue weighted by atomic mass is 10.1. The van der Waals surface area contributed by atoms with E-state index >= 15 is 0 Å². The summed E-state index contributed by atoms with van der Waals surface area (Å²) in [5, 5.41) is 0. The largest absolute Gasteiger partial charge is 0.334 e. The van der Waals surface area contributed by atoms with E-state index in [0.29, 0.717) is 13.1 Å². The maximum Gasteiger partial charge on any atom is 0.224 e. The van der Waals surface area contributed by atoms with E-state index in [1.54, 1.807) is 6.92 Å². The van der Waals surface area contributed by atoms with Crippen LogP contribution < -0.4 is 0 Å². The zero-order valence-electron chi connectivity index (χ0n) is 13.2. The van der Waals surface area contributed by atoms with Crippen LogP contribution in [0.15, 0.2) is 30.3 Å². The SMILES string of the molecule is CC[C@@H]1CN(S(=O)(=O)CC)CCC(=O)N1Cc1ccccc1. The second-order valence-corrected chi connectivity index (χ2v) is 7.84. The third-order valence-corrected chi connectivity index (χ3v) is 6.02. The van der Waals surface area contributed by atoms with E-state index in [0.717, 1.165) is 12.0 Å². The lowest BCUT2D eigenvalue weighted by Gasteiger charge is -2.31. The van der Waals surface area contributed by atoms with Crippen LogP contribution in [0.25, 0.3) is 0 Å². The van der Waals surface area contributed by atoms with E-state index in [2.05, 4.69) is 0 Å². The number of hydrogen-bond donors (Lipinski definition) is 0. The standard InChI is InChI=1S/C16H24N2O3S/c1-3-15-13-17(22(20,21)4-2)11-10-16(19)18(15)12-14-8-6-5-7-9-14/h5-9,15H,3-4,10-13H2,1-2H3/t15-/m1/s1. The van der Waals surface area contributed by atoms with Gasteiger partial charge in [0.1, 0.15) is 0 Å². The van der Waals surface area contributed by atoms with Crippen LogP contribution >= 0.6 is 0 Å². The van der Waals surface area contributed by atoms with Crippen LogP contribution in [0.3, 0.4) is 0 Å². The van der Waals surface area contributed by atoms with Gasteiger partial charge in [0.15, 0.2) is 0 Å². The van der Waals surface area contributed by atoms with Crippen LogP contribution in [0.1, 0.15) is 32.3 Å². The first-order valence-electron chi connectivity index (χ1n) is 7.79. The molecule has 2 rings (SSSR count). The summed E-state index contributed by atoms with van der Waals surface area (Å²) in [7, 11) is -3.25. The molecular weight excluding hydrogens is 300 g/mol. The number of carbonyl (C=O) groups is 1. The quantitative estimate of drug-likeness (QED) is 0.830. The molecule has 1 fully saturated rings. The van der Waals surface area contributed by atoms with Crippen molar-refractivity contribution in [2.75, 3.05) is 18.8 Å². The molecule has 6 heteroatoms. The number of rotatable bonds is 5. The molecule has 1 aliphatic rings. The van der Waals surface area contributed by atoms with Crippen LogP contribution in [-0.4, -0.2) is 48.4 Å². The van der Waals surface area contributed by atoms with Crippen molar-refractivity contribution in [2.24, 2.45) is 0 Å². The van der Waals surface area contributed by atoms with E-state index in [9.17, 15) is 13.2 Å². The van der Waals surface area contributed by atoms with Gasteiger partial charge in [-0.15, -0.1) is 0 Å². The van der Waals surface area contributed by atoms with Crippen molar-refractivity contribution in [3.63, 3.8) is 0 Å². The van der Waals surface area contributed by atoms with Crippen molar-refractivity contribution in [3.8, 4) is 0 Å². The summed E-state index contributed by atoms with van der Waals surface area (Å²) >= 11 is 0. The molecule has 22 heavy (non-hydrogen) atoms. The third kappa shape index (κ3) is 3.87. The van der Waals surface area contributed by atoms with Crippen molar-refractivity contribution < 1.29 is 13.2 Å². The highest BCUT2D eigenvalue weighted by Crippen LogP contribution is 2.19. The van der Waals surface area contributed by atoms with Crippen molar-refractivity contribution in [3.05, 3.63) is 35.9 Å². The molecule has 1 aromatic rings. The summed E-state index contributed by atoms with van der Waals surface area (Å²) in [4.78, 5) is 14.3. The Morgan fingerprint density at radius 3 is 2.45 bits per heavy atom. The Balaban J connectivity index is 2.21. The second-order valence-electron chi connectivity index (χ2n) is 5.58. The molecule has 0 saturated carbocycles. The van der Waals surface area contributed by atoms with E-state index in [4.69, 9.17) is 0 Å². The first-order chi connectivity index (χ1) is 10.5. The highest BCUT2D eigenvalue weighted by molar-refractivity contribution is 7.89. The highest BCUT2D eigenvalue weighted by atomic mass is 32.2. The molecule has 0 radical (unpaired) electrons. The Morgan fingerprint density at radius 1 is 1.18 bits per heavy atom. The molecule has 1 aromatic carbocycles. The van der Waals surface area contributed by atoms with Gasteiger partial charge >= 0.3 is 0 Å². The molecule has 5 nitrogen and oxygen atoms in total. The van der Waals surface area contributed by atoms with Gasteiger partial charge in [0.25, 0.3) is 0 Å². The zero-order valence-corrected chi connectivity index (χ0v) is 14.1. The van der Waals surface area contributed by atoms with Gasteiger partial charge in [-0.3, -0.25) is 4.79 Å². The highest BCUT2D eigenvalue weighted by Gasteiger charge is 2.32. The fourth-order valence-corrected chi connectivity index (χ4v) is 3.91. The van der Waals surface area contributed by atoms with Crippen LogP contribution in [0.2, 0.25) is 0 Å². The third-order valence-electron chi connectivity index (χ3n) is 4.18. The Bertz CT molecular complexity index is 601. The molecule has 0 aromatic heterocycles. The molecule has 0 N–H and O–H groups in total. The monoisotopic (exact) mass is 324 g/mol. The smallest absolute Gasteiger partial charge is 0.224 e. The summed E-state index contributed by atoms with van der Waals surface area (Å²) in [6, 6.07) is 9.76. The van der Waals surface area contributed by atoms with Crippen LogP contribution in [0.4, 0.5) is 0 Å². The topological polar surface area (TPSA) is 57.7 Å². The first kappa shape index (κ1) is 17.0. The number of nitrogens with zero attached hydrogens (tertiary/aromatic N) is 2. The Kier molecular flexibility index (Phi) is 5.58. The van der Waals surface area contributed by atoms with Crippen molar-refractivity contribution in [2.45, 2.75) is 39.3 Å². The lowest BCUT2D eigenvalue weighted by molar-refractivity contribution is -0.133. The number of benzene rings is 1. The maximum absolute atomic E-state index is 12.5. The summed E-state index contributed by atoms with van der Waals surface area (Å²) in [6.07, 6.45) is 0.997. The van der Waals surface area contributed by atoms with Gasteiger partial charge in [-0.05, 0) is 18.9 Å². The molecule has 0 spiro atoms.